The van der Waals surface area contributed by atoms with Gasteiger partial charge in [0.15, 0.2) is 11.5 Å². The van der Waals surface area contributed by atoms with Crippen molar-refractivity contribution in [3.8, 4) is 34.5 Å². The maximum absolute atomic E-state index is 12.2. The molecule has 0 aliphatic heterocycles. The molecule has 0 bridgehead atoms. The SMILES string of the molecule is COc1cc(OCC=C(Cl)Cl)cc(OC)c1OCCCOc1ccc(OC(F)(F)F)cc1. The van der Waals surface area contributed by atoms with Gasteiger partial charge in [0.25, 0.3) is 0 Å². The number of ether oxygens (including phenoxy) is 6. The predicted octanol–water partition coefficient (Wildman–Crippen LogP) is 6.15. The van der Waals surface area contributed by atoms with E-state index in [2.05, 4.69) is 4.74 Å². The average molecular weight is 497 g/mol. The van der Waals surface area contributed by atoms with E-state index in [4.69, 9.17) is 46.9 Å². The number of alkyl halides is 3. The highest BCUT2D eigenvalue weighted by Gasteiger charge is 2.30. The first-order valence-corrected chi connectivity index (χ1v) is 9.99. The molecule has 0 heterocycles. The summed E-state index contributed by atoms with van der Waals surface area (Å²) >= 11 is 11.1. The second-order valence-electron chi connectivity index (χ2n) is 6.03. The van der Waals surface area contributed by atoms with Crippen molar-refractivity contribution in [3.05, 3.63) is 47.0 Å². The minimum absolute atomic E-state index is 0.0942. The molecule has 2 aromatic carbocycles. The van der Waals surface area contributed by atoms with Crippen LogP contribution in [0.1, 0.15) is 6.42 Å². The number of rotatable bonds is 12. The van der Waals surface area contributed by atoms with Gasteiger partial charge >= 0.3 is 6.36 Å². The molecule has 0 aliphatic carbocycles. The van der Waals surface area contributed by atoms with Crippen LogP contribution in [0, 0.1) is 0 Å². The Balaban J connectivity index is 1.87. The Morgan fingerprint density at radius 2 is 1.41 bits per heavy atom. The molecular weight excluding hydrogens is 476 g/mol. The van der Waals surface area contributed by atoms with Crippen molar-refractivity contribution < 1.29 is 41.6 Å². The van der Waals surface area contributed by atoms with Crippen LogP contribution in [-0.2, 0) is 0 Å². The van der Waals surface area contributed by atoms with Gasteiger partial charge in [-0.1, -0.05) is 23.2 Å². The number of hydrogen-bond donors (Lipinski definition) is 0. The van der Waals surface area contributed by atoms with E-state index >= 15 is 0 Å². The van der Waals surface area contributed by atoms with Crippen LogP contribution in [0.2, 0.25) is 0 Å². The fraction of sp³-hybridized carbons (Fsp3) is 0.333. The van der Waals surface area contributed by atoms with Crippen LogP contribution < -0.4 is 28.4 Å². The lowest BCUT2D eigenvalue weighted by Crippen LogP contribution is -2.17. The Morgan fingerprint density at radius 3 is 1.94 bits per heavy atom. The third kappa shape index (κ3) is 8.84. The zero-order valence-electron chi connectivity index (χ0n) is 17.2. The summed E-state index contributed by atoms with van der Waals surface area (Å²) in [5, 5.41) is 0. The zero-order chi connectivity index (χ0) is 23.6. The van der Waals surface area contributed by atoms with Crippen LogP contribution in [0.3, 0.4) is 0 Å². The van der Waals surface area contributed by atoms with Crippen molar-refractivity contribution in [1.82, 2.24) is 0 Å². The lowest BCUT2D eigenvalue weighted by atomic mass is 10.2. The van der Waals surface area contributed by atoms with Crippen molar-refractivity contribution in [2.24, 2.45) is 0 Å². The fourth-order valence-corrected chi connectivity index (χ4v) is 2.57. The fourth-order valence-electron chi connectivity index (χ4n) is 2.44. The van der Waals surface area contributed by atoms with Crippen LogP contribution in [0.4, 0.5) is 13.2 Å². The van der Waals surface area contributed by atoms with Gasteiger partial charge < -0.3 is 28.4 Å². The molecule has 0 saturated heterocycles. The van der Waals surface area contributed by atoms with E-state index in [0.29, 0.717) is 35.2 Å². The van der Waals surface area contributed by atoms with Crippen LogP contribution >= 0.6 is 23.2 Å². The molecule has 0 radical (unpaired) electrons. The van der Waals surface area contributed by atoms with E-state index in [-0.39, 0.29) is 30.1 Å². The number of hydrogen-bond acceptors (Lipinski definition) is 6. The molecule has 2 aromatic rings. The highest BCUT2D eigenvalue weighted by Crippen LogP contribution is 2.41. The summed E-state index contributed by atoms with van der Waals surface area (Å²) in [5.74, 6) is 1.76. The lowest BCUT2D eigenvalue weighted by molar-refractivity contribution is -0.274. The van der Waals surface area contributed by atoms with Crippen LogP contribution in [0.5, 0.6) is 34.5 Å². The molecule has 0 fully saturated rings. The minimum atomic E-state index is -4.74. The van der Waals surface area contributed by atoms with E-state index < -0.39 is 6.36 Å². The van der Waals surface area contributed by atoms with Crippen molar-refractivity contribution in [3.63, 3.8) is 0 Å². The van der Waals surface area contributed by atoms with Gasteiger partial charge in [-0.05, 0) is 30.3 Å². The molecule has 0 saturated carbocycles. The quantitative estimate of drug-likeness (QED) is 0.328. The number of methoxy groups -OCH3 is 2. The molecule has 11 heteroatoms. The van der Waals surface area contributed by atoms with Gasteiger partial charge in [0.2, 0.25) is 5.75 Å². The van der Waals surface area contributed by atoms with E-state index in [1.54, 1.807) is 12.1 Å². The highest BCUT2D eigenvalue weighted by atomic mass is 35.5. The van der Waals surface area contributed by atoms with E-state index in [9.17, 15) is 13.2 Å². The van der Waals surface area contributed by atoms with Crippen LogP contribution in [0.25, 0.3) is 0 Å². The molecule has 0 unspecified atom stereocenters. The topological polar surface area (TPSA) is 55.4 Å². The van der Waals surface area contributed by atoms with Gasteiger partial charge in [0.1, 0.15) is 28.3 Å². The summed E-state index contributed by atoms with van der Waals surface area (Å²) in [6.07, 6.45) is -2.76. The highest BCUT2D eigenvalue weighted by molar-refractivity contribution is 6.55. The normalized spacial score (nSPS) is 10.8. The number of benzene rings is 2. The first-order valence-electron chi connectivity index (χ1n) is 9.23. The molecule has 0 atom stereocenters. The third-order valence-electron chi connectivity index (χ3n) is 3.78. The third-order valence-corrected chi connectivity index (χ3v) is 4.09. The summed E-state index contributed by atoms with van der Waals surface area (Å²) in [6, 6.07) is 8.40. The molecule has 6 nitrogen and oxygen atoms in total. The van der Waals surface area contributed by atoms with Crippen LogP contribution in [0.15, 0.2) is 47.0 Å². The van der Waals surface area contributed by atoms with Crippen molar-refractivity contribution in [2.75, 3.05) is 34.0 Å². The zero-order valence-corrected chi connectivity index (χ0v) is 18.7. The molecule has 32 heavy (non-hydrogen) atoms. The summed E-state index contributed by atoms with van der Waals surface area (Å²) in [4.78, 5) is 0. The van der Waals surface area contributed by atoms with Gasteiger partial charge in [-0.15, -0.1) is 13.2 Å². The van der Waals surface area contributed by atoms with Crippen molar-refractivity contribution in [2.45, 2.75) is 12.8 Å². The van der Waals surface area contributed by atoms with Crippen molar-refractivity contribution >= 4 is 23.2 Å². The second kappa shape index (κ2) is 12.4. The Morgan fingerprint density at radius 1 is 0.844 bits per heavy atom. The van der Waals surface area contributed by atoms with E-state index in [1.165, 1.54) is 44.6 Å². The van der Waals surface area contributed by atoms with Gasteiger partial charge in [-0.3, -0.25) is 0 Å². The molecule has 0 N–H and O–H groups in total. The Labute approximate surface area is 193 Å². The second-order valence-corrected chi connectivity index (χ2v) is 7.04. The van der Waals surface area contributed by atoms with Crippen molar-refractivity contribution in [1.29, 1.82) is 0 Å². The van der Waals surface area contributed by atoms with E-state index in [0.717, 1.165) is 0 Å². The predicted molar refractivity (Wildman–Crippen MR) is 114 cm³/mol. The smallest absolute Gasteiger partial charge is 0.493 e. The summed E-state index contributed by atoms with van der Waals surface area (Å²) in [6.45, 7) is 0.707. The van der Waals surface area contributed by atoms with Crippen LogP contribution in [-0.4, -0.2) is 40.4 Å². The molecule has 176 valence electrons. The van der Waals surface area contributed by atoms with Gasteiger partial charge in [0.05, 0.1) is 27.4 Å². The summed E-state index contributed by atoms with van der Waals surface area (Å²) < 4.78 is 68.0. The number of halogens is 5. The lowest BCUT2D eigenvalue weighted by Gasteiger charge is -2.16. The first-order chi connectivity index (χ1) is 15.2. The molecule has 0 aliphatic rings. The summed E-state index contributed by atoms with van der Waals surface area (Å²) in [5.41, 5.74) is 0. The molecule has 0 aromatic heterocycles. The Kier molecular flexibility index (Phi) is 9.93. The molecule has 0 amide bonds. The maximum Gasteiger partial charge on any atom is 0.573 e. The summed E-state index contributed by atoms with van der Waals surface area (Å²) in [7, 11) is 2.96. The monoisotopic (exact) mass is 496 g/mol. The largest absolute Gasteiger partial charge is 0.573 e. The average Bonchev–Trinajstić information content (AvgIpc) is 2.73. The Bertz CT molecular complexity index is 859. The Hall–Kier alpha value is -2.65. The van der Waals surface area contributed by atoms with Gasteiger partial charge in [-0.2, -0.15) is 0 Å². The standard InChI is InChI=1S/C21H21Cl2F3O6/c1-27-17-12-16(30-11-8-19(22)23)13-18(28-2)20(17)31-10-3-9-29-14-4-6-15(7-5-14)32-21(24,25)26/h4-8,12-13H,3,9-11H2,1-2H3. The first kappa shape index (κ1) is 25.6. The minimum Gasteiger partial charge on any atom is -0.493 e. The maximum atomic E-state index is 12.2. The van der Waals surface area contributed by atoms with Gasteiger partial charge in [-0.25, -0.2) is 0 Å². The molecular formula is C21H21Cl2F3O6. The van der Waals surface area contributed by atoms with E-state index in [1.807, 2.05) is 0 Å². The van der Waals surface area contributed by atoms with Gasteiger partial charge in [0, 0.05) is 18.6 Å². The molecule has 2 rings (SSSR count). The molecule has 0 spiro atoms.